The third-order valence-corrected chi connectivity index (χ3v) is 4.68. The van der Waals surface area contributed by atoms with E-state index in [-0.39, 0.29) is 83.4 Å². The van der Waals surface area contributed by atoms with Crippen LogP contribution in [0, 0.1) is 0 Å². The summed E-state index contributed by atoms with van der Waals surface area (Å²) in [5.41, 5.74) is -2.20. The topological polar surface area (TPSA) is 158 Å². The van der Waals surface area contributed by atoms with E-state index in [4.69, 9.17) is 4.74 Å². The van der Waals surface area contributed by atoms with E-state index in [1.54, 1.807) is 13.8 Å². The Balaban J connectivity index is 0. The molecule has 2 aromatic carbocycles. The third-order valence-electron chi connectivity index (χ3n) is 4.68. The second-order valence-electron chi connectivity index (χ2n) is 6.75. The molecule has 0 saturated heterocycles. The number of hydrogen-bond donors (Lipinski definition) is 4. The van der Waals surface area contributed by atoms with Crippen LogP contribution in [0.2, 0.25) is 0 Å². The molecular formula is C19H18Cl4O9. The van der Waals surface area contributed by atoms with Gasteiger partial charge in [-0.05, 0) is 24.3 Å². The maximum Gasteiger partial charge on any atom is 0.339 e. The molecule has 0 spiro atoms. The molecule has 2 aromatic rings. The molecule has 1 heterocycles. The summed E-state index contributed by atoms with van der Waals surface area (Å²) in [6, 6.07) is 4.33. The summed E-state index contributed by atoms with van der Waals surface area (Å²) in [4.78, 5) is 46.2. The number of benzene rings is 2. The second-order valence-corrected chi connectivity index (χ2v) is 6.75. The average molecular weight is 532 g/mol. The van der Waals surface area contributed by atoms with Crippen LogP contribution in [-0.2, 0) is 5.41 Å². The number of halogens is 4. The fourth-order valence-electron chi connectivity index (χ4n) is 3.22. The van der Waals surface area contributed by atoms with Gasteiger partial charge >= 0.3 is 23.9 Å². The molecule has 0 saturated carbocycles. The lowest BCUT2D eigenvalue weighted by molar-refractivity contribution is 0.0677. The molecule has 1 aliphatic heterocycles. The van der Waals surface area contributed by atoms with Gasteiger partial charge in [0, 0.05) is 16.5 Å². The number of carbonyl (C=O) groups is 4. The summed E-state index contributed by atoms with van der Waals surface area (Å²) in [5, 5.41) is 37.6. The Morgan fingerprint density at radius 3 is 1.19 bits per heavy atom. The summed E-state index contributed by atoms with van der Waals surface area (Å²) < 4.78 is 5.62. The lowest BCUT2D eigenvalue weighted by Crippen LogP contribution is -2.28. The van der Waals surface area contributed by atoms with E-state index in [1.165, 1.54) is 12.1 Å². The highest BCUT2D eigenvalue weighted by Crippen LogP contribution is 2.51. The minimum atomic E-state index is -1.45. The number of aromatic carboxylic acids is 4. The van der Waals surface area contributed by atoms with Crippen molar-refractivity contribution in [3.8, 4) is 11.5 Å². The Morgan fingerprint density at radius 1 is 0.625 bits per heavy atom. The van der Waals surface area contributed by atoms with Crippen LogP contribution in [0.15, 0.2) is 24.3 Å². The highest BCUT2D eigenvalue weighted by Gasteiger charge is 2.40. The van der Waals surface area contributed by atoms with E-state index in [9.17, 15) is 39.6 Å². The number of ether oxygens (including phenoxy) is 1. The van der Waals surface area contributed by atoms with Gasteiger partial charge in [0.25, 0.3) is 0 Å². The number of rotatable bonds is 4. The number of hydrogen-bond acceptors (Lipinski definition) is 5. The summed E-state index contributed by atoms with van der Waals surface area (Å²) in [7, 11) is 0. The Labute approximate surface area is 206 Å². The van der Waals surface area contributed by atoms with Gasteiger partial charge in [0.05, 0.1) is 11.1 Å². The molecule has 0 atom stereocenters. The minimum absolute atomic E-state index is 0. The monoisotopic (exact) mass is 530 g/mol. The van der Waals surface area contributed by atoms with E-state index in [0.29, 0.717) is 0 Å². The molecule has 0 bridgehead atoms. The van der Waals surface area contributed by atoms with Gasteiger partial charge in [-0.3, -0.25) is 0 Å². The Bertz CT molecular complexity index is 1010. The first-order valence-electron chi connectivity index (χ1n) is 7.93. The summed E-state index contributed by atoms with van der Waals surface area (Å²) in [6.45, 7) is 3.20. The van der Waals surface area contributed by atoms with Crippen LogP contribution in [0.25, 0.3) is 0 Å². The maximum atomic E-state index is 11.7. The first kappa shape index (κ1) is 31.5. The lowest BCUT2D eigenvalue weighted by atomic mass is 9.73. The second kappa shape index (κ2) is 10.7. The van der Waals surface area contributed by atoms with Gasteiger partial charge in [0.1, 0.15) is 22.6 Å². The van der Waals surface area contributed by atoms with Crippen LogP contribution >= 0.6 is 49.6 Å². The van der Waals surface area contributed by atoms with Crippen LogP contribution < -0.4 is 4.74 Å². The Kier molecular flexibility index (Phi) is 10.6. The molecule has 176 valence electrons. The van der Waals surface area contributed by atoms with Crippen molar-refractivity contribution < 1.29 is 44.3 Å². The van der Waals surface area contributed by atoms with Crippen LogP contribution in [0.5, 0.6) is 11.5 Å². The van der Waals surface area contributed by atoms with Gasteiger partial charge in [-0.25, -0.2) is 19.2 Å². The molecular weight excluding hydrogens is 514 g/mol. The van der Waals surface area contributed by atoms with Gasteiger partial charge in [0.15, 0.2) is 0 Å². The van der Waals surface area contributed by atoms with E-state index >= 15 is 0 Å². The van der Waals surface area contributed by atoms with Gasteiger partial charge in [-0.15, -0.1) is 49.6 Å². The molecule has 0 unspecified atom stereocenters. The minimum Gasteiger partial charge on any atom is -0.478 e. The predicted octanol–water partition coefficient (Wildman–Crippen LogP) is 4.60. The lowest BCUT2D eigenvalue weighted by Gasteiger charge is -2.36. The molecule has 0 amide bonds. The normalized spacial score (nSPS) is 11.9. The molecule has 0 fully saturated rings. The summed E-state index contributed by atoms with van der Waals surface area (Å²) in [5.74, 6) is -5.95. The van der Waals surface area contributed by atoms with E-state index in [2.05, 4.69) is 0 Å². The maximum absolute atomic E-state index is 11.7. The van der Waals surface area contributed by atoms with Crippen molar-refractivity contribution in [2.24, 2.45) is 0 Å². The molecule has 0 aromatic heterocycles. The van der Waals surface area contributed by atoms with Crippen molar-refractivity contribution in [2.75, 3.05) is 0 Å². The van der Waals surface area contributed by atoms with Crippen molar-refractivity contribution in [3.63, 3.8) is 0 Å². The van der Waals surface area contributed by atoms with Crippen LogP contribution in [0.3, 0.4) is 0 Å². The molecule has 0 radical (unpaired) electrons. The molecule has 9 nitrogen and oxygen atoms in total. The van der Waals surface area contributed by atoms with Crippen LogP contribution in [-0.4, -0.2) is 44.3 Å². The molecule has 3 rings (SSSR count). The molecule has 32 heavy (non-hydrogen) atoms. The smallest absolute Gasteiger partial charge is 0.339 e. The first-order valence-corrected chi connectivity index (χ1v) is 7.93. The van der Waals surface area contributed by atoms with E-state index < -0.39 is 40.4 Å². The highest BCUT2D eigenvalue weighted by molar-refractivity contribution is 6.00. The van der Waals surface area contributed by atoms with E-state index in [1.807, 2.05) is 0 Å². The van der Waals surface area contributed by atoms with Gasteiger partial charge < -0.3 is 25.2 Å². The van der Waals surface area contributed by atoms with Crippen molar-refractivity contribution >= 4 is 73.5 Å². The number of fused-ring (bicyclic) bond motifs is 2. The zero-order chi connectivity index (χ0) is 21.0. The van der Waals surface area contributed by atoms with E-state index in [0.717, 1.165) is 12.1 Å². The fraction of sp³-hybridized carbons (Fsp3) is 0.158. The Morgan fingerprint density at radius 2 is 0.938 bits per heavy atom. The number of carboxylic acids is 4. The van der Waals surface area contributed by atoms with Gasteiger partial charge in [-0.2, -0.15) is 0 Å². The molecule has 1 aliphatic rings. The van der Waals surface area contributed by atoms with Crippen LogP contribution in [0.4, 0.5) is 0 Å². The van der Waals surface area contributed by atoms with Crippen molar-refractivity contribution in [2.45, 2.75) is 19.3 Å². The van der Waals surface area contributed by atoms with Crippen LogP contribution in [0.1, 0.15) is 66.4 Å². The zero-order valence-corrected chi connectivity index (χ0v) is 19.5. The molecule has 0 aliphatic carbocycles. The summed E-state index contributed by atoms with van der Waals surface area (Å²) >= 11 is 0. The fourth-order valence-corrected chi connectivity index (χ4v) is 3.22. The SMILES string of the molecule is CC1(C)c2cc(C(=O)O)cc(C(=O)O)c2Oc2c(C(=O)O)cc(C(=O)O)cc21.Cl.Cl.Cl.Cl. The number of carboxylic acid groups (broad SMARTS) is 4. The summed E-state index contributed by atoms with van der Waals surface area (Å²) in [6.07, 6.45) is 0. The van der Waals surface area contributed by atoms with Crippen molar-refractivity contribution in [1.82, 2.24) is 0 Å². The largest absolute Gasteiger partial charge is 0.478 e. The highest BCUT2D eigenvalue weighted by atomic mass is 35.5. The molecule has 4 N–H and O–H groups in total. The van der Waals surface area contributed by atoms with Gasteiger partial charge in [-0.1, -0.05) is 13.8 Å². The quantitative estimate of drug-likeness (QED) is 0.442. The van der Waals surface area contributed by atoms with Crippen molar-refractivity contribution in [1.29, 1.82) is 0 Å². The molecule has 13 heteroatoms. The predicted molar refractivity (Wildman–Crippen MR) is 122 cm³/mol. The van der Waals surface area contributed by atoms with Gasteiger partial charge in [0.2, 0.25) is 0 Å². The zero-order valence-electron chi connectivity index (χ0n) is 16.3. The Hall–Kier alpha value is -2.72. The van der Waals surface area contributed by atoms with Crippen molar-refractivity contribution in [3.05, 3.63) is 57.6 Å². The first-order chi connectivity index (χ1) is 12.9. The average Bonchev–Trinajstić information content (AvgIpc) is 2.59. The third kappa shape index (κ3) is 5.02. The standard InChI is InChI=1S/C19H14O9.4ClH/c1-19(2)11-5-7(15(20)21)3-9(17(24)25)13(11)28-14-10(18(26)27)4-8(16(22)23)6-12(14)19;;;;/h3-6H,1-2H3,(H,20,21)(H,22,23)(H,24,25)(H,26,27);4*1H.